The van der Waals surface area contributed by atoms with Crippen molar-refractivity contribution < 1.29 is 0 Å². The molecular formula is C11H21N. The molecule has 0 fully saturated rings. The summed E-state index contributed by atoms with van der Waals surface area (Å²) in [5.74, 6) is 0. The van der Waals surface area contributed by atoms with Gasteiger partial charge in [-0.15, -0.1) is 0 Å². The third kappa shape index (κ3) is 3.61. The fourth-order valence-corrected chi connectivity index (χ4v) is 1.30. The molecule has 0 unspecified atom stereocenters. The molecule has 0 bridgehead atoms. The van der Waals surface area contributed by atoms with Crippen molar-refractivity contribution in [2.75, 3.05) is 0 Å². The van der Waals surface area contributed by atoms with Crippen LogP contribution in [-0.2, 0) is 0 Å². The minimum atomic E-state index is 1.01. The van der Waals surface area contributed by atoms with Gasteiger partial charge in [0, 0.05) is 5.70 Å². The van der Waals surface area contributed by atoms with Crippen molar-refractivity contribution >= 4 is 0 Å². The van der Waals surface area contributed by atoms with Crippen LogP contribution in [0.1, 0.15) is 46.5 Å². The zero-order valence-corrected chi connectivity index (χ0v) is 8.56. The average Bonchev–Trinajstić information content (AvgIpc) is 2.13. The van der Waals surface area contributed by atoms with Gasteiger partial charge in [0.15, 0.2) is 0 Å². The summed E-state index contributed by atoms with van der Waals surface area (Å²) in [6, 6.07) is 0. The molecule has 0 aromatic carbocycles. The van der Waals surface area contributed by atoms with Gasteiger partial charge in [0.05, 0.1) is 0 Å². The average molecular weight is 167 g/mol. The van der Waals surface area contributed by atoms with Crippen molar-refractivity contribution in [3.05, 3.63) is 23.4 Å². The maximum absolute atomic E-state index is 5.76. The summed E-state index contributed by atoms with van der Waals surface area (Å²) in [4.78, 5) is 0. The lowest BCUT2D eigenvalue weighted by molar-refractivity contribution is 0.804. The fraction of sp³-hybridized carbons (Fsp3) is 0.636. The topological polar surface area (TPSA) is 26.0 Å². The molecule has 1 aliphatic rings. The van der Waals surface area contributed by atoms with Crippen molar-refractivity contribution in [3.63, 3.8) is 0 Å². The number of hydrogen-bond donors (Lipinski definition) is 1. The van der Waals surface area contributed by atoms with Gasteiger partial charge in [0.25, 0.3) is 0 Å². The lowest BCUT2D eigenvalue weighted by Gasteiger charge is -2.10. The van der Waals surface area contributed by atoms with E-state index in [0.717, 1.165) is 5.70 Å². The van der Waals surface area contributed by atoms with E-state index in [-0.39, 0.29) is 0 Å². The first-order chi connectivity index (χ1) is 5.84. The Labute approximate surface area is 76.3 Å². The summed E-state index contributed by atoms with van der Waals surface area (Å²) in [6.45, 7) is 6.19. The summed E-state index contributed by atoms with van der Waals surface area (Å²) >= 11 is 0. The molecule has 0 aromatic rings. The van der Waals surface area contributed by atoms with Crippen LogP contribution < -0.4 is 5.73 Å². The molecule has 1 heteroatoms. The minimum Gasteiger partial charge on any atom is -0.399 e. The van der Waals surface area contributed by atoms with E-state index < -0.39 is 0 Å². The smallest absolute Gasteiger partial charge is 0.0302 e. The van der Waals surface area contributed by atoms with E-state index in [1.807, 2.05) is 19.9 Å². The van der Waals surface area contributed by atoms with Gasteiger partial charge in [0.2, 0.25) is 0 Å². The van der Waals surface area contributed by atoms with Crippen LogP contribution in [0.2, 0.25) is 0 Å². The van der Waals surface area contributed by atoms with Gasteiger partial charge < -0.3 is 5.73 Å². The Morgan fingerprint density at radius 1 is 1.42 bits per heavy atom. The van der Waals surface area contributed by atoms with E-state index in [1.54, 1.807) is 0 Å². The van der Waals surface area contributed by atoms with Gasteiger partial charge in [-0.2, -0.15) is 0 Å². The van der Waals surface area contributed by atoms with Crippen molar-refractivity contribution in [2.45, 2.75) is 46.5 Å². The highest BCUT2D eigenvalue weighted by molar-refractivity contribution is 5.26. The molecule has 0 heterocycles. The Morgan fingerprint density at radius 3 is 2.58 bits per heavy atom. The number of allylic oxidation sites excluding steroid dienone is 3. The maximum Gasteiger partial charge on any atom is 0.0302 e. The molecule has 1 nitrogen and oxygen atoms in total. The zero-order valence-electron chi connectivity index (χ0n) is 8.56. The fourth-order valence-electron chi connectivity index (χ4n) is 1.30. The predicted molar refractivity (Wildman–Crippen MR) is 55.8 cm³/mol. The number of hydrogen-bond acceptors (Lipinski definition) is 1. The second-order valence-electron chi connectivity index (χ2n) is 2.75. The summed E-state index contributed by atoms with van der Waals surface area (Å²) in [6.07, 6.45) is 8.93. The van der Waals surface area contributed by atoms with Crippen LogP contribution in [0.3, 0.4) is 0 Å². The van der Waals surface area contributed by atoms with E-state index in [2.05, 4.69) is 13.0 Å². The molecule has 0 amide bonds. The lowest BCUT2D eigenvalue weighted by Crippen LogP contribution is -2.02. The third-order valence-corrected chi connectivity index (χ3v) is 1.87. The van der Waals surface area contributed by atoms with Crippen molar-refractivity contribution in [2.24, 2.45) is 5.73 Å². The first-order valence-electron chi connectivity index (χ1n) is 4.98. The molecule has 0 radical (unpaired) electrons. The maximum atomic E-state index is 5.76. The highest BCUT2D eigenvalue weighted by Gasteiger charge is 2.02. The first-order valence-corrected chi connectivity index (χ1v) is 4.98. The summed E-state index contributed by atoms with van der Waals surface area (Å²) in [5.41, 5.74) is 8.21. The van der Waals surface area contributed by atoms with Gasteiger partial charge in [-0.05, 0) is 30.9 Å². The molecule has 2 N–H and O–H groups in total. The first kappa shape index (κ1) is 11.3. The van der Waals surface area contributed by atoms with Crippen molar-refractivity contribution in [1.82, 2.24) is 0 Å². The Bertz CT molecular complexity index is 166. The molecule has 0 spiro atoms. The Kier molecular flexibility index (Phi) is 6.54. The van der Waals surface area contributed by atoms with Gasteiger partial charge in [-0.1, -0.05) is 33.3 Å². The molecular weight excluding hydrogens is 146 g/mol. The highest BCUT2D eigenvalue weighted by atomic mass is 14.6. The molecule has 0 atom stereocenters. The van der Waals surface area contributed by atoms with Crippen LogP contribution in [0, 0.1) is 0 Å². The van der Waals surface area contributed by atoms with Crippen LogP contribution in [0.4, 0.5) is 0 Å². The van der Waals surface area contributed by atoms with Gasteiger partial charge in [0.1, 0.15) is 0 Å². The van der Waals surface area contributed by atoms with Crippen LogP contribution in [0.15, 0.2) is 23.4 Å². The van der Waals surface area contributed by atoms with Gasteiger partial charge >= 0.3 is 0 Å². The van der Waals surface area contributed by atoms with E-state index >= 15 is 0 Å². The molecule has 70 valence electrons. The Balaban J connectivity index is 0.000000561. The largest absolute Gasteiger partial charge is 0.399 e. The van der Waals surface area contributed by atoms with E-state index in [0.29, 0.717) is 0 Å². The quantitative estimate of drug-likeness (QED) is 0.670. The normalized spacial score (nSPS) is 15.6. The Hall–Kier alpha value is -0.720. The van der Waals surface area contributed by atoms with Crippen molar-refractivity contribution in [1.29, 1.82) is 0 Å². The summed E-state index contributed by atoms with van der Waals surface area (Å²) < 4.78 is 0. The minimum absolute atomic E-state index is 1.01. The van der Waals surface area contributed by atoms with Crippen LogP contribution in [0.25, 0.3) is 0 Å². The number of rotatable bonds is 2. The van der Waals surface area contributed by atoms with Crippen molar-refractivity contribution in [3.8, 4) is 0 Å². The summed E-state index contributed by atoms with van der Waals surface area (Å²) in [7, 11) is 0. The molecule has 12 heavy (non-hydrogen) atoms. The zero-order chi connectivity index (χ0) is 9.40. The molecule has 1 rings (SSSR count). The third-order valence-electron chi connectivity index (χ3n) is 1.87. The molecule has 0 saturated heterocycles. The van der Waals surface area contributed by atoms with Crippen LogP contribution >= 0.6 is 0 Å². The van der Waals surface area contributed by atoms with Gasteiger partial charge in [-0.25, -0.2) is 0 Å². The highest BCUT2D eigenvalue weighted by Crippen LogP contribution is 2.19. The van der Waals surface area contributed by atoms with Crippen LogP contribution in [-0.4, -0.2) is 0 Å². The monoisotopic (exact) mass is 167 g/mol. The molecule has 0 aromatic heterocycles. The predicted octanol–water partition coefficient (Wildman–Crippen LogP) is 3.38. The Morgan fingerprint density at radius 2 is 2.08 bits per heavy atom. The molecule has 0 saturated carbocycles. The van der Waals surface area contributed by atoms with Crippen LogP contribution in [0.5, 0.6) is 0 Å². The second kappa shape index (κ2) is 6.96. The van der Waals surface area contributed by atoms with E-state index in [4.69, 9.17) is 5.73 Å². The summed E-state index contributed by atoms with van der Waals surface area (Å²) in [5, 5.41) is 0. The lowest BCUT2D eigenvalue weighted by atomic mass is 9.99. The van der Waals surface area contributed by atoms with E-state index in [1.165, 1.54) is 31.3 Å². The second-order valence-corrected chi connectivity index (χ2v) is 2.75. The number of nitrogens with two attached hydrogens (primary N) is 1. The SMILES string of the molecule is CC.CCCC1=C(N)C=CCC1. The van der Waals surface area contributed by atoms with Gasteiger partial charge in [-0.3, -0.25) is 0 Å². The molecule has 0 aliphatic heterocycles. The molecule has 1 aliphatic carbocycles. The van der Waals surface area contributed by atoms with E-state index in [9.17, 15) is 0 Å². The standard InChI is InChI=1S/C9H15N.C2H6/c1-2-5-8-6-3-4-7-9(8)10;1-2/h4,7H,2-3,5-6,10H2,1H3;1-2H3.